The predicted octanol–water partition coefficient (Wildman–Crippen LogP) is 3.65. The van der Waals surface area contributed by atoms with Crippen molar-refractivity contribution in [1.29, 1.82) is 0 Å². The lowest BCUT2D eigenvalue weighted by molar-refractivity contribution is 0.0522. The van der Waals surface area contributed by atoms with E-state index < -0.39 is 5.97 Å². The maximum atomic E-state index is 11.9. The van der Waals surface area contributed by atoms with Crippen molar-refractivity contribution in [3.05, 3.63) is 47.1 Å². The molecule has 2 N–H and O–H groups in total. The van der Waals surface area contributed by atoms with E-state index in [4.69, 9.17) is 22.1 Å². The topological polar surface area (TPSA) is 65.2 Å². The van der Waals surface area contributed by atoms with Crippen LogP contribution in [0.25, 0.3) is 0 Å². The van der Waals surface area contributed by atoms with Crippen LogP contribution in [0.3, 0.4) is 0 Å². The minimum absolute atomic E-state index is 0.316. The number of nitrogens with zero attached hydrogens (tertiary/aromatic N) is 1. The first-order valence-electron chi connectivity index (χ1n) is 5.96. The lowest BCUT2D eigenvalue weighted by Gasteiger charge is -2.09. The summed E-state index contributed by atoms with van der Waals surface area (Å²) in [7, 11) is 0. The number of rotatable bonds is 4. The molecule has 0 aliphatic heterocycles. The van der Waals surface area contributed by atoms with E-state index in [1.165, 1.54) is 11.8 Å². The molecule has 0 aliphatic carbocycles. The molecule has 0 aliphatic rings. The number of carbonyl (C=O) groups is 1. The molecule has 2 aromatic rings. The Bertz CT molecular complexity index is 617. The van der Waals surface area contributed by atoms with Gasteiger partial charge < -0.3 is 10.5 Å². The molecule has 6 heteroatoms. The Hall–Kier alpha value is -1.72. The van der Waals surface area contributed by atoms with Gasteiger partial charge in [0.05, 0.1) is 17.2 Å². The van der Waals surface area contributed by atoms with E-state index in [0.29, 0.717) is 22.9 Å². The molecule has 1 aromatic carbocycles. The number of esters is 1. The van der Waals surface area contributed by atoms with E-state index >= 15 is 0 Å². The summed E-state index contributed by atoms with van der Waals surface area (Å²) in [5, 5.41) is 1.31. The summed E-state index contributed by atoms with van der Waals surface area (Å²) < 4.78 is 5.03. The van der Waals surface area contributed by atoms with Crippen LogP contribution in [0.5, 0.6) is 0 Å². The van der Waals surface area contributed by atoms with Gasteiger partial charge in [0.15, 0.2) is 0 Å². The van der Waals surface area contributed by atoms with Gasteiger partial charge in [-0.25, -0.2) is 9.78 Å². The Labute approximate surface area is 126 Å². The number of aromatic nitrogens is 1. The number of nitrogens with two attached hydrogens (primary N) is 1. The molecule has 0 bridgehead atoms. The fourth-order valence-electron chi connectivity index (χ4n) is 1.54. The highest BCUT2D eigenvalue weighted by atomic mass is 35.5. The highest BCUT2D eigenvalue weighted by Crippen LogP contribution is 2.31. The summed E-state index contributed by atoms with van der Waals surface area (Å²) in [6, 6.07) is 8.66. The highest BCUT2D eigenvalue weighted by molar-refractivity contribution is 7.99. The van der Waals surface area contributed by atoms with Crippen molar-refractivity contribution < 1.29 is 9.53 Å². The van der Waals surface area contributed by atoms with E-state index in [1.807, 2.05) is 0 Å². The van der Waals surface area contributed by atoms with Gasteiger partial charge in [-0.3, -0.25) is 0 Å². The zero-order chi connectivity index (χ0) is 14.5. The van der Waals surface area contributed by atoms with Crippen molar-refractivity contribution in [1.82, 2.24) is 4.98 Å². The molecule has 0 saturated carbocycles. The summed E-state index contributed by atoms with van der Waals surface area (Å²) in [6.07, 6.45) is 1.56. The number of anilines is 1. The van der Waals surface area contributed by atoms with E-state index in [1.54, 1.807) is 43.5 Å². The Morgan fingerprint density at radius 2 is 2.20 bits per heavy atom. The molecular weight excluding hydrogens is 296 g/mol. The molecule has 0 unspecified atom stereocenters. The van der Waals surface area contributed by atoms with Crippen LogP contribution in [0.15, 0.2) is 46.5 Å². The molecule has 2 rings (SSSR count). The van der Waals surface area contributed by atoms with Gasteiger partial charge in [-0.2, -0.15) is 0 Å². The molecule has 0 fully saturated rings. The fraction of sp³-hybridized carbons (Fsp3) is 0.143. The van der Waals surface area contributed by atoms with Gasteiger partial charge in [-0.15, -0.1) is 0 Å². The fourth-order valence-corrected chi connectivity index (χ4v) is 2.51. The largest absolute Gasteiger partial charge is 0.462 e. The summed E-state index contributed by atoms with van der Waals surface area (Å²) >= 11 is 7.16. The van der Waals surface area contributed by atoms with E-state index in [0.717, 1.165) is 9.92 Å². The van der Waals surface area contributed by atoms with Crippen molar-refractivity contribution in [3.63, 3.8) is 0 Å². The van der Waals surface area contributed by atoms with Crippen molar-refractivity contribution in [2.24, 2.45) is 0 Å². The number of pyridine rings is 1. The monoisotopic (exact) mass is 308 g/mol. The number of hydrogen-bond donors (Lipinski definition) is 1. The van der Waals surface area contributed by atoms with Gasteiger partial charge in [0.25, 0.3) is 0 Å². The molecule has 104 valence electrons. The maximum absolute atomic E-state index is 11.9. The van der Waals surface area contributed by atoms with Crippen LogP contribution in [0.2, 0.25) is 5.02 Å². The third-order valence-electron chi connectivity index (χ3n) is 2.41. The van der Waals surface area contributed by atoms with Crippen molar-refractivity contribution in [3.8, 4) is 0 Å². The van der Waals surface area contributed by atoms with E-state index in [9.17, 15) is 4.79 Å². The van der Waals surface area contributed by atoms with Crippen LogP contribution in [0, 0.1) is 0 Å². The van der Waals surface area contributed by atoms with Gasteiger partial charge in [0.1, 0.15) is 5.03 Å². The molecule has 4 nitrogen and oxygen atoms in total. The molecule has 1 heterocycles. The first kappa shape index (κ1) is 14.7. The van der Waals surface area contributed by atoms with Gasteiger partial charge in [0.2, 0.25) is 0 Å². The smallest absolute Gasteiger partial charge is 0.339 e. The number of nitrogen functional groups attached to an aromatic ring is 1. The molecule has 0 amide bonds. The average Bonchev–Trinajstić information content (AvgIpc) is 2.43. The number of benzene rings is 1. The molecular formula is C14H13ClN2O2S. The van der Waals surface area contributed by atoms with Crippen molar-refractivity contribution in [2.75, 3.05) is 12.3 Å². The Kier molecular flexibility index (Phi) is 4.87. The third-order valence-corrected chi connectivity index (χ3v) is 3.66. The number of carbonyl (C=O) groups excluding carboxylic acids is 1. The van der Waals surface area contributed by atoms with Crippen LogP contribution in [0.4, 0.5) is 5.69 Å². The SMILES string of the molecule is CCOC(=O)c1cc(N)ccc1Sc1ccc(Cl)cn1. The highest BCUT2D eigenvalue weighted by Gasteiger charge is 2.14. The van der Waals surface area contributed by atoms with Gasteiger partial charge in [0, 0.05) is 16.8 Å². The number of hydrogen-bond acceptors (Lipinski definition) is 5. The predicted molar refractivity (Wildman–Crippen MR) is 80.2 cm³/mol. The Morgan fingerprint density at radius 3 is 2.85 bits per heavy atom. The minimum atomic E-state index is -0.392. The van der Waals surface area contributed by atoms with Crippen LogP contribution < -0.4 is 5.73 Å². The number of halogens is 1. The first-order valence-corrected chi connectivity index (χ1v) is 7.15. The van der Waals surface area contributed by atoms with Crippen LogP contribution in [-0.4, -0.2) is 17.6 Å². The minimum Gasteiger partial charge on any atom is -0.462 e. The number of ether oxygens (including phenoxy) is 1. The second-order valence-electron chi connectivity index (χ2n) is 3.89. The second kappa shape index (κ2) is 6.63. The zero-order valence-corrected chi connectivity index (χ0v) is 12.4. The normalized spacial score (nSPS) is 10.3. The van der Waals surface area contributed by atoms with Crippen LogP contribution in [0.1, 0.15) is 17.3 Å². The first-order chi connectivity index (χ1) is 9.60. The molecule has 20 heavy (non-hydrogen) atoms. The lowest BCUT2D eigenvalue weighted by atomic mass is 10.2. The van der Waals surface area contributed by atoms with Gasteiger partial charge in [-0.1, -0.05) is 23.4 Å². The van der Waals surface area contributed by atoms with Crippen molar-refractivity contribution in [2.45, 2.75) is 16.8 Å². The summed E-state index contributed by atoms with van der Waals surface area (Å²) in [6.45, 7) is 2.08. The van der Waals surface area contributed by atoms with E-state index in [2.05, 4.69) is 4.98 Å². The van der Waals surface area contributed by atoms with E-state index in [-0.39, 0.29) is 0 Å². The average molecular weight is 309 g/mol. The molecule has 0 spiro atoms. The van der Waals surface area contributed by atoms with Gasteiger partial charge >= 0.3 is 5.97 Å². The molecule has 0 atom stereocenters. The Morgan fingerprint density at radius 1 is 1.40 bits per heavy atom. The summed E-state index contributed by atoms with van der Waals surface area (Å²) in [5.41, 5.74) is 6.68. The van der Waals surface area contributed by atoms with Crippen LogP contribution >= 0.6 is 23.4 Å². The Balaban J connectivity index is 2.31. The third kappa shape index (κ3) is 3.65. The molecule has 1 aromatic heterocycles. The molecule has 0 radical (unpaired) electrons. The maximum Gasteiger partial charge on any atom is 0.339 e. The summed E-state index contributed by atoms with van der Waals surface area (Å²) in [4.78, 5) is 16.9. The standard InChI is InChI=1S/C14H13ClN2O2S/c1-2-19-14(18)11-7-10(16)4-5-12(11)20-13-6-3-9(15)8-17-13/h3-8H,2,16H2,1H3. The second-order valence-corrected chi connectivity index (χ2v) is 5.39. The molecule has 0 saturated heterocycles. The quantitative estimate of drug-likeness (QED) is 0.690. The lowest BCUT2D eigenvalue weighted by Crippen LogP contribution is -2.07. The zero-order valence-electron chi connectivity index (χ0n) is 10.8. The van der Waals surface area contributed by atoms with Crippen molar-refractivity contribution >= 4 is 35.0 Å². The van der Waals surface area contributed by atoms with Gasteiger partial charge in [-0.05, 0) is 37.3 Å². The van der Waals surface area contributed by atoms with Crippen LogP contribution in [-0.2, 0) is 4.74 Å². The summed E-state index contributed by atoms with van der Waals surface area (Å²) in [5.74, 6) is -0.392.